The van der Waals surface area contributed by atoms with E-state index < -0.39 is 0 Å². The molecule has 0 bridgehead atoms. The molecule has 39 heavy (non-hydrogen) atoms. The van der Waals surface area contributed by atoms with E-state index in [4.69, 9.17) is 10.5 Å². The number of likely N-dealkylation sites (tertiary alicyclic amines) is 1. The Hall–Kier alpha value is -4.77. The lowest BCUT2D eigenvalue weighted by atomic mass is 9.90. The van der Waals surface area contributed by atoms with Crippen molar-refractivity contribution in [2.45, 2.75) is 25.7 Å². The highest BCUT2D eigenvalue weighted by molar-refractivity contribution is 5.87. The monoisotopic (exact) mass is 523 g/mol. The number of hydrogen-bond donors (Lipinski definition) is 2. The van der Waals surface area contributed by atoms with E-state index in [2.05, 4.69) is 31.5 Å². The predicted octanol–water partition coefficient (Wildman–Crippen LogP) is 3.84. The molecule has 0 atom stereocenters. The third-order valence-electron chi connectivity index (χ3n) is 7.05. The third-order valence-corrected chi connectivity index (χ3v) is 7.05. The number of hydrogen-bond acceptors (Lipinski definition) is 8. The van der Waals surface area contributed by atoms with E-state index in [0.717, 1.165) is 46.8 Å². The number of carbonyl (C=O) groups is 1. The number of piperidine rings is 1. The van der Waals surface area contributed by atoms with Crippen LogP contribution >= 0.6 is 0 Å². The summed E-state index contributed by atoms with van der Waals surface area (Å²) in [5.74, 6) is 2.51. The zero-order valence-electron chi connectivity index (χ0n) is 21.6. The predicted molar refractivity (Wildman–Crippen MR) is 147 cm³/mol. The Morgan fingerprint density at radius 2 is 1.87 bits per heavy atom. The van der Waals surface area contributed by atoms with Gasteiger partial charge in [-0.3, -0.25) is 4.79 Å². The van der Waals surface area contributed by atoms with Gasteiger partial charge in [0.2, 0.25) is 5.91 Å². The van der Waals surface area contributed by atoms with Crippen LogP contribution < -0.4 is 15.8 Å². The number of carbonyl (C=O) groups excluding carboxylic acids is 1. The molecule has 1 aliphatic rings. The summed E-state index contributed by atoms with van der Waals surface area (Å²) < 4.78 is 9.67. The molecule has 6 rings (SSSR count). The Morgan fingerprint density at radius 3 is 2.69 bits per heavy atom. The zero-order chi connectivity index (χ0) is 26.8. The van der Waals surface area contributed by atoms with Crippen LogP contribution in [0.4, 0.5) is 11.5 Å². The summed E-state index contributed by atoms with van der Waals surface area (Å²) in [5, 5.41) is 12.0. The first-order valence-electron chi connectivity index (χ1n) is 12.9. The molecule has 1 saturated heterocycles. The van der Waals surface area contributed by atoms with Gasteiger partial charge in [-0.1, -0.05) is 6.08 Å². The summed E-state index contributed by atoms with van der Waals surface area (Å²) in [5.41, 5.74) is 10.2. The molecule has 0 unspecified atom stereocenters. The molecule has 0 radical (unpaired) electrons. The van der Waals surface area contributed by atoms with Crippen LogP contribution in [0.2, 0.25) is 0 Å². The number of fused-ring (bicyclic) bond motifs is 2. The van der Waals surface area contributed by atoms with Gasteiger partial charge < -0.3 is 20.7 Å². The normalized spacial score (nSPS) is 14.5. The molecule has 3 N–H and O–H groups in total. The van der Waals surface area contributed by atoms with E-state index in [9.17, 15) is 4.79 Å². The quantitative estimate of drug-likeness (QED) is 0.308. The minimum Gasteiger partial charge on any atom is -0.457 e. The molecule has 1 amide bonds. The van der Waals surface area contributed by atoms with Crippen molar-refractivity contribution in [3.05, 3.63) is 84.7 Å². The summed E-state index contributed by atoms with van der Waals surface area (Å²) in [7, 11) is 0. The van der Waals surface area contributed by atoms with Crippen molar-refractivity contribution in [3.8, 4) is 11.5 Å². The minimum atomic E-state index is 0.0215. The van der Waals surface area contributed by atoms with Gasteiger partial charge in [-0.05, 0) is 67.1 Å². The fourth-order valence-electron chi connectivity index (χ4n) is 5.05. The number of nitrogens with zero attached hydrogens (tertiary/aromatic N) is 7. The summed E-state index contributed by atoms with van der Waals surface area (Å²) in [4.78, 5) is 23.0. The Morgan fingerprint density at radius 1 is 1.08 bits per heavy atom. The van der Waals surface area contributed by atoms with Gasteiger partial charge in [0.25, 0.3) is 0 Å². The fourth-order valence-corrected chi connectivity index (χ4v) is 5.05. The maximum atomic E-state index is 12.3. The van der Waals surface area contributed by atoms with Gasteiger partial charge in [-0.15, -0.1) is 0 Å². The second kappa shape index (κ2) is 10.5. The average Bonchev–Trinajstić information content (AvgIpc) is 3.61. The van der Waals surface area contributed by atoms with Gasteiger partial charge in [0.1, 0.15) is 29.7 Å². The van der Waals surface area contributed by atoms with Crippen LogP contribution in [0.5, 0.6) is 11.5 Å². The van der Waals surface area contributed by atoms with Gasteiger partial charge in [0.05, 0.1) is 0 Å². The highest BCUT2D eigenvalue weighted by Crippen LogP contribution is 2.35. The summed E-state index contributed by atoms with van der Waals surface area (Å²) in [6.07, 6.45) is 11.9. The first-order valence-corrected chi connectivity index (χ1v) is 12.9. The van der Waals surface area contributed by atoms with Crippen molar-refractivity contribution in [2.24, 2.45) is 5.73 Å². The molecule has 5 heterocycles. The number of nitrogens with one attached hydrogen (secondary N) is 1. The first-order chi connectivity index (χ1) is 19.1. The van der Waals surface area contributed by atoms with Crippen LogP contribution in [0.25, 0.3) is 11.2 Å². The molecule has 1 fully saturated rings. The molecule has 5 aromatic rings. The standard InChI is InChI=1S/C28H29N9O2/c1-19-15-21(4-5-24(19)39-22-8-13-36-25(16-22)30-17-32-36)34-28-27-23(9-14-37(27)33-18-31-28)20-6-11-35(12-7-20)26(38)3-2-10-29/h2-5,8-9,13-18,20H,6-7,10-12,29H2,1H3,(H,31,33,34)/b3-2+. The number of aromatic nitrogens is 6. The lowest BCUT2D eigenvalue weighted by molar-refractivity contribution is -0.127. The smallest absolute Gasteiger partial charge is 0.246 e. The molecule has 0 aliphatic carbocycles. The van der Waals surface area contributed by atoms with Crippen molar-refractivity contribution >= 4 is 28.6 Å². The molecule has 11 nitrogen and oxygen atoms in total. The van der Waals surface area contributed by atoms with Crippen LogP contribution in [0.1, 0.15) is 29.9 Å². The van der Waals surface area contributed by atoms with E-state index >= 15 is 0 Å². The van der Waals surface area contributed by atoms with Crippen LogP contribution in [0.15, 0.2) is 73.6 Å². The van der Waals surface area contributed by atoms with Crippen LogP contribution in [0.3, 0.4) is 0 Å². The zero-order valence-corrected chi connectivity index (χ0v) is 21.6. The second-order valence-electron chi connectivity index (χ2n) is 9.54. The number of pyridine rings is 1. The van der Waals surface area contributed by atoms with Crippen LogP contribution in [-0.2, 0) is 4.79 Å². The maximum absolute atomic E-state index is 12.3. The topological polar surface area (TPSA) is 128 Å². The number of rotatable bonds is 7. The number of aryl methyl sites for hydroxylation is 1. The van der Waals surface area contributed by atoms with Gasteiger partial charge in [-0.25, -0.2) is 19.0 Å². The number of benzene rings is 1. The van der Waals surface area contributed by atoms with Gasteiger partial charge >= 0.3 is 0 Å². The SMILES string of the molecule is Cc1cc(Nc2ncnn3ccc(C4CCN(C(=O)/C=C/CN)CC4)c23)ccc1Oc1ccn2ncnc2c1. The molecule has 4 aromatic heterocycles. The fraction of sp³-hybridized carbons (Fsp3) is 0.250. The first kappa shape index (κ1) is 24.6. The van der Waals surface area contributed by atoms with E-state index in [-0.39, 0.29) is 5.91 Å². The largest absolute Gasteiger partial charge is 0.457 e. The van der Waals surface area contributed by atoms with E-state index in [0.29, 0.717) is 31.3 Å². The van der Waals surface area contributed by atoms with Crippen molar-refractivity contribution in [2.75, 3.05) is 25.0 Å². The molecule has 0 spiro atoms. The molecule has 0 saturated carbocycles. The molecule has 1 aliphatic heterocycles. The minimum absolute atomic E-state index is 0.0215. The Balaban J connectivity index is 1.19. The lowest BCUT2D eigenvalue weighted by Crippen LogP contribution is -2.37. The van der Waals surface area contributed by atoms with Gasteiger partial charge in [-0.2, -0.15) is 10.2 Å². The van der Waals surface area contributed by atoms with Gasteiger partial charge in [0, 0.05) is 49.9 Å². The molecule has 11 heteroatoms. The summed E-state index contributed by atoms with van der Waals surface area (Å²) in [6, 6.07) is 11.8. The number of nitrogens with two attached hydrogens (primary N) is 1. The van der Waals surface area contributed by atoms with Crippen molar-refractivity contribution < 1.29 is 9.53 Å². The Labute approximate surface area is 224 Å². The van der Waals surface area contributed by atoms with Crippen molar-refractivity contribution in [1.29, 1.82) is 0 Å². The second-order valence-corrected chi connectivity index (χ2v) is 9.54. The lowest BCUT2D eigenvalue weighted by Gasteiger charge is -2.31. The van der Waals surface area contributed by atoms with E-state index in [1.54, 1.807) is 23.0 Å². The summed E-state index contributed by atoms with van der Waals surface area (Å²) in [6.45, 7) is 3.78. The van der Waals surface area contributed by atoms with Crippen LogP contribution in [-0.4, -0.2) is 59.6 Å². The van der Waals surface area contributed by atoms with Crippen molar-refractivity contribution in [1.82, 2.24) is 34.1 Å². The van der Waals surface area contributed by atoms with E-state index in [1.165, 1.54) is 11.9 Å². The molecule has 198 valence electrons. The third kappa shape index (κ3) is 5.04. The van der Waals surface area contributed by atoms with E-state index in [1.807, 2.05) is 59.1 Å². The average molecular weight is 524 g/mol. The summed E-state index contributed by atoms with van der Waals surface area (Å²) >= 11 is 0. The Bertz CT molecular complexity index is 1660. The van der Waals surface area contributed by atoms with Gasteiger partial charge in [0.15, 0.2) is 11.5 Å². The highest BCUT2D eigenvalue weighted by Gasteiger charge is 2.26. The molecular formula is C28H29N9O2. The molecular weight excluding hydrogens is 494 g/mol. The molecule has 1 aromatic carbocycles. The number of amides is 1. The maximum Gasteiger partial charge on any atom is 0.246 e. The van der Waals surface area contributed by atoms with Crippen LogP contribution in [0, 0.1) is 6.92 Å². The highest BCUT2D eigenvalue weighted by atomic mass is 16.5. The Kier molecular flexibility index (Phi) is 6.64. The number of anilines is 2. The number of ether oxygens (including phenoxy) is 1. The van der Waals surface area contributed by atoms with Crippen molar-refractivity contribution in [3.63, 3.8) is 0 Å².